The van der Waals surface area contributed by atoms with Gasteiger partial charge in [0.1, 0.15) is 0 Å². The molecular weight excluding hydrogens is 487 g/mol. The van der Waals surface area contributed by atoms with Gasteiger partial charge in [0.05, 0.1) is 10.3 Å². The van der Waals surface area contributed by atoms with Crippen LogP contribution in [0.1, 0.15) is 25.7 Å². The standard InChI is InChI=1S/C19H30N6O3.HI/c1-20-18(23-14-19(10-4-5-11-19)17(26)24(2)3)22-13-12-21-15-6-8-16(9-7-15)25(27)28;/h6-9,21H,4-5,10-14H2,1-3H3,(H2,20,22,23);1H. The van der Waals surface area contributed by atoms with Crippen molar-refractivity contribution < 1.29 is 9.72 Å². The lowest BCUT2D eigenvalue weighted by atomic mass is 9.84. The molecule has 1 amide bonds. The molecule has 0 saturated heterocycles. The van der Waals surface area contributed by atoms with Crippen LogP contribution in [0.5, 0.6) is 0 Å². The molecule has 0 bridgehead atoms. The first-order valence-corrected chi connectivity index (χ1v) is 9.52. The van der Waals surface area contributed by atoms with Gasteiger partial charge in [0.15, 0.2) is 5.96 Å². The maximum absolute atomic E-state index is 12.6. The van der Waals surface area contributed by atoms with Gasteiger partial charge < -0.3 is 20.9 Å². The van der Waals surface area contributed by atoms with Gasteiger partial charge in [-0.25, -0.2) is 0 Å². The minimum absolute atomic E-state index is 0. The first kappa shape index (κ1) is 24.9. The van der Waals surface area contributed by atoms with Crippen molar-refractivity contribution in [2.45, 2.75) is 25.7 Å². The zero-order valence-electron chi connectivity index (χ0n) is 17.2. The summed E-state index contributed by atoms with van der Waals surface area (Å²) in [5.74, 6) is 0.830. The van der Waals surface area contributed by atoms with E-state index >= 15 is 0 Å². The monoisotopic (exact) mass is 518 g/mol. The lowest BCUT2D eigenvalue weighted by Crippen LogP contribution is -2.49. The summed E-state index contributed by atoms with van der Waals surface area (Å²) in [7, 11) is 5.31. The summed E-state index contributed by atoms with van der Waals surface area (Å²) in [6.45, 7) is 1.81. The fourth-order valence-corrected chi connectivity index (χ4v) is 3.55. The molecule has 0 spiro atoms. The topological polar surface area (TPSA) is 112 Å². The molecule has 10 heteroatoms. The van der Waals surface area contributed by atoms with Crippen LogP contribution in [0.25, 0.3) is 0 Å². The quantitative estimate of drug-likeness (QED) is 0.122. The number of nitro groups is 1. The molecule has 1 fully saturated rings. The number of aliphatic imine (C=N–C) groups is 1. The van der Waals surface area contributed by atoms with Gasteiger partial charge in [0, 0.05) is 58.6 Å². The van der Waals surface area contributed by atoms with Gasteiger partial charge in [-0.1, -0.05) is 12.8 Å². The molecule has 1 aromatic carbocycles. The maximum Gasteiger partial charge on any atom is 0.269 e. The van der Waals surface area contributed by atoms with Crippen molar-refractivity contribution in [3.63, 3.8) is 0 Å². The van der Waals surface area contributed by atoms with Crippen LogP contribution in [0.2, 0.25) is 0 Å². The Labute approximate surface area is 188 Å². The second-order valence-electron chi connectivity index (χ2n) is 7.27. The molecule has 0 aromatic heterocycles. The SMILES string of the molecule is CN=C(NCCNc1ccc([N+](=O)[O-])cc1)NCC1(C(=O)N(C)C)CCCC1.I. The van der Waals surface area contributed by atoms with E-state index in [1.807, 2.05) is 0 Å². The minimum Gasteiger partial charge on any atom is -0.383 e. The Bertz CT molecular complexity index is 702. The van der Waals surface area contributed by atoms with Crippen LogP contribution in [0, 0.1) is 15.5 Å². The highest BCUT2D eigenvalue weighted by Crippen LogP contribution is 2.38. The van der Waals surface area contributed by atoms with E-state index in [0.29, 0.717) is 25.6 Å². The van der Waals surface area contributed by atoms with Crippen molar-refractivity contribution >= 4 is 47.2 Å². The minimum atomic E-state index is -0.418. The van der Waals surface area contributed by atoms with E-state index in [2.05, 4.69) is 20.9 Å². The molecule has 0 atom stereocenters. The van der Waals surface area contributed by atoms with Crippen molar-refractivity contribution in [3.8, 4) is 0 Å². The number of benzene rings is 1. The highest BCUT2D eigenvalue weighted by atomic mass is 127. The summed E-state index contributed by atoms with van der Waals surface area (Å²) in [5, 5.41) is 20.4. The Morgan fingerprint density at radius 3 is 2.31 bits per heavy atom. The van der Waals surface area contributed by atoms with Gasteiger partial charge in [-0.2, -0.15) is 0 Å². The Morgan fingerprint density at radius 2 is 1.79 bits per heavy atom. The predicted molar refractivity (Wildman–Crippen MR) is 126 cm³/mol. The number of carbonyl (C=O) groups excluding carboxylic acids is 1. The van der Waals surface area contributed by atoms with Crippen molar-refractivity contribution in [1.29, 1.82) is 0 Å². The molecule has 0 aliphatic heterocycles. The molecule has 0 heterocycles. The molecule has 3 N–H and O–H groups in total. The van der Waals surface area contributed by atoms with E-state index in [1.54, 1.807) is 38.2 Å². The third-order valence-electron chi connectivity index (χ3n) is 5.06. The fraction of sp³-hybridized carbons (Fsp3) is 0.579. The van der Waals surface area contributed by atoms with E-state index in [9.17, 15) is 14.9 Å². The number of hydrogen-bond acceptors (Lipinski definition) is 5. The summed E-state index contributed by atoms with van der Waals surface area (Å²) in [6.07, 6.45) is 3.95. The Balaban J connectivity index is 0.00000420. The zero-order chi connectivity index (χ0) is 20.6. The van der Waals surface area contributed by atoms with Crippen LogP contribution in [0.4, 0.5) is 11.4 Å². The summed E-state index contributed by atoms with van der Waals surface area (Å²) in [6, 6.07) is 6.31. The van der Waals surface area contributed by atoms with Gasteiger partial charge in [-0.3, -0.25) is 19.9 Å². The molecule has 0 radical (unpaired) electrons. The highest BCUT2D eigenvalue weighted by Gasteiger charge is 2.42. The number of carbonyl (C=O) groups is 1. The molecule has 9 nitrogen and oxygen atoms in total. The number of amides is 1. The van der Waals surface area contributed by atoms with Gasteiger partial charge in [0.25, 0.3) is 5.69 Å². The zero-order valence-corrected chi connectivity index (χ0v) is 19.6. The van der Waals surface area contributed by atoms with Crippen LogP contribution >= 0.6 is 24.0 Å². The number of hydrogen-bond donors (Lipinski definition) is 3. The van der Waals surface area contributed by atoms with E-state index in [-0.39, 0.29) is 41.0 Å². The van der Waals surface area contributed by atoms with Crippen LogP contribution in [-0.4, -0.2) is 62.5 Å². The smallest absolute Gasteiger partial charge is 0.269 e. The third kappa shape index (κ3) is 7.02. The average Bonchev–Trinajstić information content (AvgIpc) is 3.17. The first-order chi connectivity index (χ1) is 13.4. The van der Waals surface area contributed by atoms with Gasteiger partial charge >= 0.3 is 0 Å². The number of halogens is 1. The average molecular weight is 518 g/mol. The summed E-state index contributed by atoms with van der Waals surface area (Å²) >= 11 is 0. The van der Waals surface area contributed by atoms with Crippen molar-refractivity contribution in [2.75, 3.05) is 46.1 Å². The molecular formula is C19H31IN6O3. The molecule has 1 aliphatic rings. The van der Waals surface area contributed by atoms with Gasteiger partial charge in [-0.05, 0) is 25.0 Å². The van der Waals surface area contributed by atoms with Crippen molar-refractivity contribution in [2.24, 2.45) is 10.4 Å². The lowest BCUT2D eigenvalue weighted by Gasteiger charge is -2.31. The molecule has 1 aromatic rings. The summed E-state index contributed by atoms with van der Waals surface area (Å²) in [4.78, 5) is 28.8. The summed E-state index contributed by atoms with van der Waals surface area (Å²) < 4.78 is 0. The number of rotatable bonds is 8. The lowest BCUT2D eigenvalue weighted by molar-refractivity contribution is -0.384. The van der Waals surface area contributed by atoms with Crippen LogP contribution in [0.3, 0.4) is 0 Å². The number of non-ortho nitro benzene ring substituents is 1. The predicted octanol–water partition coefficient (Wildman–Crippen LogP) is 2.44. The first-order valence-electron chi connectivity index (χ1n) is 9.52. The second-order valence-corrected chi connectivity index (χ2v) is 7.27. The third-order valence-corrected chi connectivity index (χ3v) is 5.06. The van der Waals surface area contributed by atoms with E-state index in [4.69, 9.17) is 0 Å². The molecule has 29 heavy (non-hydrogen) atoms. The van der Waals surface area contributed by atoms with Crippen LogP contribution < -0.4 is 16.0 Å². The largest absolute Gasteiger partial charge is 0.383 e. The van der Waals surface area contributed by atoms with Gasteiger partial charge in [0.2, 0.25) is 5.91 Å². The molecule has 162 valence electrons. The Kier molecular flexibility index (Phi) is 10.1. The van der Waals surface area contributed by atoms with Crippen molar-refractivity contribution in [1.82, 2.24) is 15.5 Å². The molecule has 0 unspecified atom stereocenters. The van der Waals surface area contributed by atoms with E-state index < -0.39 is 4.92 Å². The van der Waals surface area contributed by atoms with E-state index in [1.165, 1.54) is 12.1 Å². The normalized spacial score (nSPS) is 15.2. The Hall–Kier alpha value is -2.11. The molecule has 1 aliphatic carbocycles. The molecule has 2 rings (SSSR count). The number of guanidine groups is 1. The fourth-order valence-electron chi connectivity index (χ4n) is 3.55. The van der Waals surface area contributed by atoms with Crippen LogP contribution in [-0.2, 0) is 4.79 Å². The number of nitro benzene ring substituents is 1. The van der Waals surface area contributed by atoms with Crippen molar-refractivity contribution in [3.05, 3.63) is 34.4 Å². The second kappa shape index (κ2) is 11.8. The number of anilines is 1. The summed E-state index contributed by atoms with van der Waals surface area (Å²) in [5.41, 5.74) is 0.538. The molecule has 1 saturated carbocycles. The Morgan fingerprint density at radius 1 is 1.17 bits per heavy atom. The van der Waals surface area contributed by atoms with E-state index in [0.717, 1.165) is 31.4 Å². The van der Waals surface area contributed by atoms with Gasteiger partial charge in [-0.15, -0.1) is 24.0 Å². The maximum atomic E-state index is 12.6. The number of nitrogens with zero attached hydrogens (tertiary/aromatic N) is 3. The highest BCUT2D eigenvalue weighted by molar-refractivity contribution is 14.0. The number of nitrogens with one attached hydrogen (secondary N) is 3. The van der Waals surface area contributed by atoms with Crippen LogP contribution in [0.15, 0.2) is 29.3 Å².